The molecule has 34 heavy (non-hydrogen) atoms. The SMILES string of the molecule is Cc1cccc(C(=O)N2CCCN(C(=O)c3cncc(Br)c3)C2C(=O)NC2CCC(N)CC2)c1. The van der Waals surface area contributed by atoms with Crippen molar-refractivity contribution in [3.05, 3.63) is 63.9 Å². The molecule has 2 aromatic rings. The first-order valence-corrected chi connectivity index (χ1v) is 12.5. The van der Waals surface area contributed by atoms with E-state index in [9.17, 15) is 14.4 Å². The summed E-state index contributed by atoms with van der Waals surface area (Å²) in [6.45, 7) is 2.68. The van der Waals surface area contributed by atoms with E-state index >= 15 is 0 Å². The largest absolute Gasteiger partial charge is 0.350 e. The number of rotatable bonds is 4. The highest BCUT2D eigenvalue weighted by Crippen LogP contribution is 2.24. The predicted molar refractivity (Wildman–Crippen MR) is 132 cm³/mol. The number of carbonyl (C=O) groups excluding carboxylic acids is 3. The van der Waals surface area contributed by atoms with Gasteiger partial charge in [0.25, 0.3) is 17.7 Å². The van der Waals surface area contributed by atoms with E-state index < -0.39 is 6.17 Å². The van der Waals surface area contributed by atoms with Crippen LogP contribution in [0.3, 0.4) is 0 Å². The molecular formula is C25H30BrN5O3. The molecule has 9 heteroatoms. The van der Waals surface area contributed by atoms with Crippen LogP contribution in [0, 0.1) is 6.92 Å². The van der Waals surface area contributed by atoms with E-state index in [1.807, 2.05) is 19.1 Å². The smallest absolute Gasteiger partial charge is 0.264 e. The molecule has 4 rings (SSSR count). The zero-order valence-corrected chi connectivity index (χ0v) is 20.8. The Morgan fingerprint density at radius 3 is 2.32 bits per heavy atom. The Kier molecular flexibility index (Phi) is 7.63. The summed E-state index contributed by atoms with van der Waals surface area (Å²) in [7, 11) is 0. The van der Waals surface area contributed by atoms with E-state index in [1.54, 1.807) is 24.4 Å². The van der Waals surface area contributed by atoms with Crippen LogP contribution in [0.1, 0.15) is 58.4 Å². The molecule has 2 aliphatic rings. The molecule has 1 aliphatic heterocycles. The van der Waals surface area contributed by atoms with E-state index in [0.29, 0.717) is 35.1 Å². The van der Waals surface area contributed by atoms with Crippen LogP contribution in [0.15, 0.2) is 47.2 Å². The summed E-state index contributed by atoms with van der Waals surface area (Å²) >= 11 is 3.35. The third-order valence-corrected chi connectivity index (χ3v) is 6.91. The molecule has 0 bridgehead atoms. The topological polar surface area (TPSA) is 109 Å². The number of hydrogen-bond acceptors (Lipinski definition) is 5. The van der Waals surface area contributed by atoms with Crippen molar-refractivity contribution in [2.45, 2.75) is 57.3 Å². The van der Waals surface area contributed by atoms with Gasteiger partial charge in [0.05, 0.1) is 5.56 Å². The van der Waals surface area contributed by atoms with Crippen LogP contribution in [0.4, 0.5) is 0 Å². The lowest BCUT2D eigenvalue weighted by Crippen LogP contribution is -2.64. The molecule has 3 amide bonds. The van der Waals surface area contributed by atoms with E-state index in [4.69, 9.17) is 5.73 Å². The van der Waals surface area contributed by atoms with Gasteiger partial charge in [-0.25, -0.2) is 0 Å². The first-order valence-electron chi connectivity index (χ1n) is 11.7. The molecule has 0 radical (unpaired) electrons. The number of amides is 3. The van der Waals surface area contributed by atoms with Crippen LogP contribution in [-0.4, -0.2) is 63.8 Å². The summed E-state index contributed by atoms with van der Waals surface area (Å²) < 4.78 is 0.669. The van der Waals surface area contributed by atoms with Gasteiger partial charge in [0.15, 0.2) is 6.17 Å². The first kappa shape index (κ1) is 24.3. The fourth-order valence-electron chi connectivity index (χ4n) is 4.71. The monoisotopic (exact) mass is 527 g/mol. The quantitative estimate of drug-likeness (QED) is 0.635. The van der Waals surface area contributed by atoms with Crippen molar-refractivity contribution < 1.29 is 14.4 Å². The molecule has 1 saturated carbocycles. The van der Waals surface area contributed by atoms with Crippen molar-refractivity contribution in [3.8, 4) is 0 Å². The Labute approximate surface area is 208 Å². The fraction of sp³-hybridized carbons (Fsp3) is 0.440. The lowest BCUT2D eigenvalue weighted by atomic mass is 9.91. The Bertz CT molecular complexity index is 1000. The Morgan fingerprint density at radius 1 is 1.00 bits per heavy atom. The van der Waals surface area contributed by atoms with Crippen molar-refractivity contribution in [2.24, 2.45) is 5.73 Å². The molecule has 0 spiro atoms. The summed E-state index contributed by atoms with van der Waals surface area (Å²) in [5, 5.41) is 3.10. The number of hydrogen-bond donors (Lipinski definition) is 2. The third-order valence-electron chi connectivity index (χ3n) is 6.48. The summed E-state index contributed by atoms with van der Waals surface area (Å²) in [6.07, 6.45) is 5.87. The van der Waals surface area contributed by atoms with Crippen molar-refractivity contribution in [1.82, 2.24) is 20.1 Å². The van der Waals surface area contributed by atoms with Crippen LogP contribution in [0.5, 0.6) is 0 Å². The van der Waals surface area contributed by atoms with Crippen LogP contribution >= 0.6 is 15.9 Å². The van der Waals surface area contributed by atoms with Gasteiger partial charge >= 0.3 is 0 Å². The summed E-state index contributed by atoms with van der Waals surface area (Å²) in [5.74, 6) is -0.932. The number of nitrogens with zero attached hydrogens (tertiary/aromatic N) is 3. The number of nitrogens with one attached hydrogen (secondary N) is 1. The molecule has 3 N–H and O–H groups in total. The second kappa shape index (κ2) is 10.7. The summed E-state index contributed by atoms with van der Waals surface area (Å²) in [4.78, 5) is 47.7. The summed E-state index contributed by atoms with van der Waals surface area (Å²) in [5.41, 5.74) is 7.83. The molecule has 1 saturated heterocycles. The lowest BCUT2D eigenvalue weighted by molar-refractivity contribution is -0.133. The van der Waals surface area contributed by atoms with Gasteiger partial charge in [0, 0.05) is 47.6 Å². The number of benzene rings is 1. The van der Waals surface area contributed by atoms with Crippen molar-refractivity contribution in [2.75, 3.05) is 13.1 Å². The van der Waals surface area contributed by atoms with E-state index in [1.165, 1.54) is 16.0 Å². The highest BCUT2D eigenvalue weighted by molar-refractivity contribution is 9.10. The Hall–Kier alpha value is -2.78. The minimum atomic E-state index is -1.04. The van der Waals surface area contributed by atoms with Gasteiger partial charge in [-0.2, -0.15) is 0 Å². The van der Waals surface area contributed by atoms with Gasteiger partial charge < -0.3 is 20.9 Å². The fourth-order valence-corrected chi connectivity index (χ4v) is 5.08. The molecule has 2 fully saturated rings. The molecule has 8 nitrogen and oxygen atoms in total. The number of aryl methyl sites for hydroxylation is 1. The normalized spacial score (nSPS) is 22.9. The molecule has 1 atom stereocenters. The molecule has 1 aromatic carbocycles. The molecular weight excluding hydrogens is 498 g/mol. The minimum Gasteiger partial charge on any atom is -0.350 e. The predicted octanol–water partition coefficient (Wildman–Crippen LogP) is 2.85. The van der Waals surface area contributed by atoms with Crippen molar-refractivity contribution in [3.63, 3.8) is 0 Å². The van der Waals surface area contributed by atoms with Gasteiger partial charge in [-0.05, 0) is 73.2 Å². The Morgan fingerprint density at radius 2 is 1.68 bits per heavy atom. The summed E-state index contributed by atoms with van der Waals surface area (Å²) in [6, 6.07) is 9.10. The maximum absolute atomic E-state index is 13.6. The average molecular weight is 528 g/mol. The Balaban J connectivity index is 1.64. The number of aromatic nitrogens is 1. The maximum atomic E-state index is 13.6. The third kappa shape index (κ3) is 5.47. The maximum Gasteiger partial charge on any atom is 0.264 e. The van der Waals surface area contributed by atoms with Crippen molar-refractivity contribution >= 4 is 33.7 Å². The van der Waals surface area contributed by atoms with E-state index in [2.05, 4.69) is 26.2 Å². The molecule has 1 aromatic heterocycles. The van der Waals surface area contributed by atoms with Crippen LogP contribution in [0.2, 0.25) is 0 Å². The second-order valence-corrected chi connectivity index (χ2v) is 10.0. The lowest BCUT2D eigenvalue weighted by Gasteiger charge is -2.43. The number of pyridine rings is 1. The van der Waals surface area contributed by atoms with Gasteiger partial charge in [0.1, 0.15) is 0 Å². The van der Waals surface area contributed by atoms with Gasteiger partial charge in [-0.3, -0.25) is 19.4 Å². The van der Waals surface area contributed by atoms with Crippen LogP contribution in [-0.2, 0) is 4.79 Å². The van der Waals surface area contributed by atoms with Crippen molar-refractivity contribution in [1.29, 1.82) is 0 Å². The van der Waals surface area contributed by atoms with E-state index in [-0.39, 0.29) is 29.8 Å². The number of halogens is 1. The molecule has 1 aliphatic carbocycles. The van der Waals surface area contributed by atoms with Gasteiger partial charge in [-0.1, -0.05) is 17.7 Å². The molecule has 180 valence electrons. The highest BCUT2D eigenvalue weighted by Gasteiger charge is 2.41. The first-order chi connectivity index (χ1) is 16.3. The highest BCUT2D eigenvalue weighted by atomic mass is 79.9. The second-order valence-electron chi connectivity index (χ2n) is 9.11. The average Bonchev–Trinajstić information content (AvgIpc) is 2.84. The number of carbonyl (C=O) groups is 3. The molecule has 1 unspecified atom stereocenters. The van der Waals surface area contributed by atoms with Gasteiger partial charge in [0.2, 0.25) is 0 Å². The standard InChI is InChI=1S/C25H30BrN5O3/c1-16-4-2-5-17(12-16)24(33)30-10-3-11-31(25(34)18-13-19(26)15-28-14-18)23(30)22(32)29-21-8-6-20(27)7-9-21/h2,4-5,12-15,20-21,23H,3,6-11,27H2,1H3,(H,29,32). The zero-order valence-electron chi connectivity index (χ0n) is 19.2. The number of nitrogens with two attached hydrogens (primary N) is 1. The zero-order chi connectivity index (χ0) is 24.2. The minimum absolute atomic E-state index is 0.0189. The van der Waals surface area contributed by atoms with Crippen LogP contribution in [0.25, 0.3) is 0 Å². The molecule has 2 heterocycles. The van der Waals surface area contributed by atoms with Gasteiger partial charge in [-0.15, -0.1) is 0 Å². The van der Waals surface area contributed by atoms with E-state index in [0.717, 1.165) is 31.2 Å². The van der Waals surface area contributed by atoms with Crippen LogP contribution < -0.4 is 11.1 Å².